The highest BCUT2D eigenvalue weighted by molar-refractivity contribution is 5.34. The fourth-order valence-electron chi connectivity index (χ4n) is 3.11. The molecule has 1 N–H and O–H groups in total. The van der Waals surface area contributed by atoms with Crippen molar-refractivity contribution >= 4 is 0 Å². The minimum atomic E-state index is -4.32. The molecule has 3 rings (SSSR count). The molecule has 1 unspecified atom stereocenters. The van der Waals surface area contributed by atoms with Gasteiger partial charge in [0.15, 0.2) is 0 Å². The lowest BCUT2D eigenvalue weighted by atomic mass is 9.97. The maximum atomic E-state index is 12.6. The first-order chi connectivity index (χ1) is 13.4. The molecular formula is C22H29F3N2O. The average Bonchev–Trinajstić information content (AvgIpc) is 2.68. The van der Waals surface area contributed by atoms with E-state index >= 15 is 0 Å². The molecule has 1 aliphatic rings. The van der Waals surface area contributed by atoms with Crippen LogP contribution in [0.15, 0.2) is 48.5 Å². The van der Waals surface area contributed by atoms with Crippen molar-refractivity contribution < 1.29 is 17.9 Å². The van der Waals surface area contributed by atoms with Gasteiger partial charge in [-0.1, -0.05) is 45.0 Å². The lowest BCUT2D eigenvalue weighted by Crippen LogP contribution is -2.35. The highest BCUT2D eigenvalue weighted by Gasteiger charge is 2.30. The van der Waals surface area contributed by atoms with Gasteiger partial charge in [-0.3, -0.25) is 4.90 Å². The zero-order chi connectivity index (χ0) is 20.6. The SMILES string of the molecule is CCN1Cc2ccccc2C(Oc2ccc(C(F)(F)F)cc2)C1.CCNCC. The lowest BCUT2D eigenvalue weighted by molar-refractivity contribution is -0.137. The van der Waals surface area contributed by atoms with Crippen molar-refractivity contribution in [3.8, 4) is 5.75 Å². The van der Waals surface area contributed by atoms with Gasteiger partial charge in [0.1, 0.15) is 11.9 Å². The Morgan fingerprint density at radius 1 is 1.00 bits per heavy atom. The Morgan fingerprint density at radius 3 is 2.18 bits per heavy atom. The third-order valence-electron chi connectivity index (χ3n) is 4.63. The molecule has 1 heterocycles. The van der Waals surface area contributed by atoms with Crippen LogP contribution >= 0.6 is 0 Å². The Morgan fingerprint density at radius 2 is 1.64 bits per heavy atom. The molecule has 0 fully saturated rings. The van der Waals surface area contributed by atoms with E-state index in [1.807, 2.05) is 18.2 Å². The first-order valence-electron chi connectivity index (χ1n) is 9.73. The molecule has 1 atom stereocenters. The molecule has 28 heavy (non-hydrogen) atoms. The van der Waals surface area contributed by atoms with Gasteiger partial charge in [-0.05, 0) is 55.0 Å². The maximum absolute atomic E-state index is 12.6. The van der Waals surface area contributed by atoms with Crippen LogP contribution in [0.3, 0.4) is 0 Å². The summed E-state index contributed by atoms with van der Waals surface area (Å²) in [4.78, 5) is 2.26. The quantitative estimate of drug-likeness (QED) is 0.747. The van der Waals surface area contributed by atoms with Crippen LogP contribution < -0.4 is 10.1 Å². The van der Waals surface area contributed by atoms with Gasteiger partial charge in [0.05, 0.1) is 5.56 Å². The van der Waals surface area contributed by atoms with Gasteiger partial charge >= 0.3 is 6.18 Å². The summed E-state index contributed by atoms with van der Waals surface area (Å²) in [5.41, 5.74) is 1.65. The second kappa shape index (κ2) is 10.5. The third kappa shape index (κ3) is 6.24. The summed E-state index contributed by atoms with van der Waals surface area (Å²) in [5.74, 6) is 0.454. The summed E-state index contributed by atoms with van der Waals surface area (Å²) in [6, 6.07) is 12.9. The zero-order valence-electron chi connectivity index (χ0n) is 16.7. The van der Waals surface area contributed by atoms with Gasteiger partial charge in [0.2, 0.25) is 0 Å². The van der Waals surface area contributed by atoms with Gasteiger partial charge < -0.3 is 10.1 Å². The summed E-state index contributed by atoms with van der Waals surface area (Å²) >= 11 is 0. The van der Waals surface area contributed by atoms with E-state index < -0.39 is 11.7 Å². The molecule has 0 radical (unpaired) electrons. The molecule has 0 spiro atoms. The van der Waals surface area contributed by atoms with Crippen LogP contribution in [-0.2, 0) is 12.7 Å². The molecule has 154 valence electrons. The Balaban J connectivity index is 0.000000500. The van der Waals surface area contributed by atoms with Crippen molar-refractivity contribution in [3.63, 3.8) is 0 Å². The molecule has 2 aromatic carbocycles. The minimum absolute atomic E-state index is 0.170. The van der Waals surface area contributed by atoms with Crippen molar-refractivity contribution in [3.05, 3.63) is 65.2 Å². The predicted molar refractivity (Wildman–Crippen MR) is 106 cm³/mol. The molecular weight excluding hydrogens is 365 g/mol. The molecule has 0 aromatic heterocycles. The van der Waals surface area contributed by atoms with E-state index in [0.29, 0.717) is 5.75 Å². The molecule has 3 nitrogen and oxygen atoms in total. The van der Waals surface area contributed by atoms with Crippen molar-refractivity contribution in [1.29, 1.82) is 0 Å². The molecule has 2 aromatic rings. The lowest BCUT2D eigenvalue weighted by Gasteiger charge is -2.34. The fraction of sp³-hybridized carbons (Fsp3) is 0.455. The van der Waals surface area contributed by atoms with Crippen LogP contribution in [0.4, 0.5) is 13.2 Å². The summed E-state index contributed by atoms with van der Waals surface area (Å²) in [7, 11) is 0. The monoisotopic (exact) mass is 394 g/mol. The van der Waals surface area contributed by atoms with Gasteiger partial charge in [-0.2, -0.15) is 13.2 Å². The van der Waals surface area contributed by atoms with Gasteiger partial charge in [0.25, 0.3) is 0 Å². The number of benzene rings is 2. The maximum Gasteiger partial charge on any atom is 0.416 e. The number of nitrogens with zero attached hydrogens (tertiary/aromatic N) is 1. The van der Waals surface area contributed by atoms with Crippen molar-refractivity contribution in [2.75, 3.05) is 26.2 Å². The van der Waals surface area contributed by atoms with Crippen LogP contribution in [-0.4, -0.2) is 31.1 Å². The van der Waals surface area contributed by atoms with Crippen LogP contribution in [0.25, 0.3) is 0 Å². The molecule has 0 saturated heterocycles. The fourth-order valence-corrected chi connectivity index (χ4v) is 3.11. The van der Waals surface area contributed by atoms with E-state index in [1.165, 1.54) is 17.7 Å². The Labute approximate surface area is 165 Å². The van der Waals surface area contributed by atoms with E-state index in [1.54, 1.807) is 0 Å². The van der Waals surface area contributed by atoms with E-state index in [-0.39, 0.29) is 6.10 Å². The van der Waals surface area contributed by atoms with Crippen molar-refractivity contribution in [2.24, 2.45) is 0 Å². The number of likely N-dealkylation sites (N-methyl/N-ethyl adjacent to an activating group) is 1. The van der Waals surface area contributed by atoms with Gasteiger partial charge in [-0.25, -0.2) is 0 Å². The second-order valence-electron chi connectivity index (χ2n) is 6.61. The Hall–Kier alpha value is -2.05. The normalized spacial score (nSPS) is 16.7. The highest BCUT2D eigenvalue weighted by atomic mass is 19.4. The standard InChI is InChI=1S/C18H18F3NO.C4H11N/c1-2-22-11-13-5-3-4-6-16(13)17(12-22)23-15-9-7-14(8-10-15)18(19,20)21;1-3-5-4-2/h3-10,17H,2,11-12H2,1H3;5H,3-4H2,1-2H3. The summed E-state index contributed by atoms with van der Waals surface area (Å²) in [6.45, 7) is 11.0. The smallest absolute Gasteiger partial charge is 0.416 e. The van der Waals surface area contributed by atoms with Gasteiger partial charge in [0, 0.05) is 13.1 Å². The number of alkyl halides is 3. The number of halogens is 3. The summed E-state index contributed by atoms with van der Waals surface area (Å²) in [6.07, 6.45) is -4.49. The number of rotatable bonds is 5. The van der Waals surface area contributed by atoms with Crippen LogP contribution in [0.2, 0.25) is 0 Å². The topological polar surface area (TPSA) is 24.5 Å². The van der Waals surface area contributed by atoms with Crippen molar-refractivity contribution in [1.82, 2.24) is 10.2 Å². The molecule has 0 bridgehead atoms. The van der Waals surface area contributed by atoms with E-state index in [2.05, 4.69) is 37.1 Å². The van der Waals surface area contributed by atoms with Crippen LogP contribution in [0, 0.1) is 0 Å². The van der Waals surface area contributed by atoms with Gasteiger partial charge in [-0.15, -0.1) is 0 Å². The second-order valence-corrected chi connectivity index (χ2v) is 6.61. The first kappa shape index (κ1) is 22.2. The number of nitrogens with one attached hydrogen (secondary N) is 1. The Kier molecular flexibility index (Phi) is 8.33. The number of hydrogen-bond donors (Lipinski definition) is 1. The van der Waals surface area contributed by atoms with E-state index in [9.17, 15) is 13.2 Å². The van der Waals surface area contributed by atoms with Crippen LogP contribution in [0.1, 0.15) is 43.6 Å². The summed E-state index contributed by atoms with van der Waals surface area (Å²) in [5, 5.41) is 3.11. The molecule has 0 aliphatic carbocycles. The molecule has 1 aliphatic heterocycles. The zero-order valence-corrected chi connectivity index (χ0v) is 16.7. The minimum Gasteiger partial charge on any atom is -0.484 e. The molecule has 0 saturated carbocycles. The molecule has 6 heteroatoms. The summed E-state index contributed by atoms with van der Waals surface area (Å²) < 4.78 is 43.8. The molecule has 0 amide bonds. The van der Waals surface area contributed by atoms with Crippen LogP contribution in [0.5, 0.6) is 5.75 Å². The van der Waals surface area contributed by atoms with E-state index in [4.69, 9.17) is 4.74 Å². The largest absolute Gasteiger partial charge is 0.484 e. The number of fused-ring (bicyclic) bond motifs is 1. The first-order valence-corrected chi connectivity index (χ1v) is 9.73. The predicted octanol–water partition coefficient (Wildman–Crippen LogP) is 5.28. The number of ether oxygens (including phenoxy) is 1. The Bertz CT molecular complexity index is 714. The van der Waals surface area contributed by atoms with E-state index in [0.717, 1.165) is 50.4 Å². The highest BCUT2D eigenvalue weighted by Crippen LogP contribution is 2.33. The third-order valence-corrected chi connectivity index (χ3v) is 4.63. The number of hydrogen-bond acceptors (Lipinski definition) is 3. The van der Waals surface area contributed by atoms with Crippen molar-refractivity contribution in [2.45, 2.75) is 39.6 Å². The average molecular weight is 394 g/mol.